The monoisotopic (exact) mass is 369 g/mol. The zero-order chi connectivity index (χ0) is 18.2. The Morgan fingerprint density at radius 3 is 2.60 bits per heavy atom. The van der Waals surface area contributed by atoms with Crippen LogP contribution in [0.15, 0.2) is 18.2 Å². The van der Waals surface area contributed by atoms with E-state index in [4.69, 9.17) is 21.1 Å². The van der Waals surface area contributed by atoms with Crippen LogP contribution in [-0.2, 0) is 9.53 Å². The summed E-state index contributed by atoms with van der Waals surface area (Å²) in [7, 11) is 1.54. The van der Waals surface area contributed by atoms with Crippen LogP contribution in [0.4, 0.5) is 10.5 Å². The molecule has 0 saturated carbocycles. The highest BCUT2D eigenvalue weighted by molar-refractivity contribution is 6.31. The smallest absolute Gasteiger partial charge is 0.409 e. The molecule has 138 valence electrons. The molecule has 1 N–H and O–H groups in total. The third kappa shape index (κ3) is 5.79. The molecule has 1 heterocycles. The number of benzene rings is 1. The van der Waals surface area contributed by atoms with Gasteiger partial charge in [0.1, 0.15) is 5.75 Å². The average molecular weight is 370 g/mol. The molecule has 0 radical (unpaired) electrons. The van der Waals surface area contributed by atoms with Crippen LogP contribution in [0.5, 0.6) is 5.75 Å². The number of carbonyl (C=O) groups is 2. The molecule has 0 aliphatic carbocycles. The van der Waals surface area contributed by atoms with Crippen molar-refractivity contribution in [1.29, 1.82) is 0 Å². The van der Waals surface area contributed by atoms with Crippen molar-refractivity contribution in [3.63, 3.8) is 0 Å². The van der Waals surface area contributed by atoms with Crippen molar-refractivity contribution in [3.8, 4) is 5.75 Å². The van der Waals surface area contributed by atoms with Crippen LogP contribution in [0.2, 0.25) is 5.02 Å². The van der Waals surface area contributed by atoms with E-state index in [0.717, 1.165) is 13.1 Å². The summed E-state index contributed by atoms with van der Waals surface area (Å²) in [4.78, 5) is 27.7. The second-order valence-electron chi connectivity index (χ2n) is 5.67. The van der Waals surface area contributed by atoms with Crippen LogP contribution in [0.25, 0.3) is 0 Å². The number of hydrogen-bond acceptors (Lipinski definition) is 5. The molecule has 0 spiro atoms. The van der Waals surface area contributed by atoms with E-state index in [9.17, 15) is 9.59 Å². The molecular formula is C17H24ClN3O4. The summed E-state index contributed by atoms with van der Waals surface area (Å²) in [6.07, 6.45) is 0.0858. The van der Waals surface area contributed by atoms with Crippen molar-refractivity contribution < 1.29 is 19.1 Å². The number of halogens is 1. The number of rotatable bonds is 6. The van der Waals surface area contributed by atoms with Crippen LogP contribution < -0.4 is 10.1 Å². The van der Waals surface area contributed by atoms with E-state index in [1.165, 1.54) is 0 Å². The first kappa shape index (κ1) is 19.3. The molecule has 0 unspecified atom stereocenters. The molecule has 1 aliphatic heterocycles. The molecule has 25 heavy (non-hydrogen) atoms. The summed E-state index contributed by atoms with van der Waals surface area (Å²) in [5, 5.41) is 3.36. The quantitative estimate of drug-likeness (QED) is 0.834. The first-order valence-electron chi connectivity index (χ1n) is 8.31. The molecule has 0 bridgehead atoms. The Morgan fingerprint density at radius 2 is 1.96 bits per heavy atom. The third-order valence-corrected chi connectivity index (χ3v) is 4.22. The molecule has 7 nitrogen and oxygen atoms in total. The number of carbonyl (C=O) groups excluding carboxylic acids is 2. The fraction of sp³-hybridized carbons (Fsp3) is 0.529. The van der Waals surface area contributed by atoms with Crippen LogP contribution >= 0.6 is 11.6 Å². The fourth-order valence-corrected chi connectivity index (χ4v) is 2.79. The molecule has 1 saturated heterocycles. The van der Waals surface area contributed by atoms with Gasteiger partial charge in [-0.1, -0.05) is 11.6 Å². The largest absolute Gasteiger partial charge is 0.495 e. The number of methoxy groups -OCH3 is 1. The standard InChI is InChI=1S/C17H24ClN3O4/c1-3-25-17(23)21-10-8-20(9-11-21)7-6-16(22)19-14-12-13(18)4-5-15(14)24-2/h4-5,12H,3,6-11H2,1-2H3,(H,19,22). The zero-order valence-corrected chi connectivity index (χ0v) is 15.3. The lowest BCUT2D eigenvalue weighted by atomic mass is 10.2. The number of hydrogen-bond donors (Lipinski definition) is 1. The molecule has 2 rings (SSSR count). The number of piperazine rings is 1. The van der Waals surface area contributed by atoms with Gasteiger partial charge in [0.2, 0.25) is 5.91 Å². The topological polar surface area (TPSA) is 71.1 Å². The molecule has 1 aromatic carbocycles. The Balaban J connectivity index is 1.76. The summed E-state index contributed by atoms with van der Waals surface area (Å²) < 4.78 is 10.2. The van der Waals surface area contributed by atoms with Crippen molar-refractivity contribution in [3.05, 3.63) is 23.2 Å². The van der Waals surface area contributed by atoms with Gasteiger partial charge in [-0.05, 0) is 25.1 Å². The van der Waals surface area contributed by atoms with Gasteiger partial charge in [-0.25, -0.2) is 4.79 Å². The third-order valence-electron chi connectivity index (χ3n) is 3.99. The Labute approximate surface area is 152 Å². The maximum absolute atomic E-state index is 12.2. The van der Waals surface area contributed by atoms with Crippen LogP contribution in [-0.4, -0.2) is 68.2 Å². The van der Waals surface area contributed by atoms with Crippen LogP contribution in [0.1, 0.15) is 13.3 Å². The van der Waals surface area contributed by atoms with E-state index in [1.807, 2.05) is 0 Å². The number of nitrogens with one attached hydrogen (secondary N) is 1. The summed E-state index contributed by atoms with van der Waals surface area (Å²) >= 11 is 5.96. The second kappa shape index (κ2) is 9.48. The van der Waals surface area contributed by atoms with Gasteiger partial charge in [0.25, 0.3) is 0 Å². The predicted molar refractivity (Wildman–Crippen MR) is 96.3 cm³/mol. The lowest BCUT2D eigenvalue weighted by Gasteiger charge is -2.33. The van der Waals surface area contributed by atoms with Crippen molar-refractivity contribution in [2.24, 2.45) is 0 Å². The number of nitrogens with zero attached hydrogens (tertiary/aromatic N) is 2. The lowest BCUT2D eigenvalue weighted by Crippen LogP contribution is -2.49. The normalized spacial score (nSPS) is 14.9. The van der Waals surface area contributed by atoms with Gasteiger partial charge >= 0.3 is 6.09 Å². The van der Waals surface area contributed by atoms with Gasteiger partial charge in [-0.15, -0.1) is 0 Å². The summed E-state index contributed by atoms with van der Waals surface area (Å²) in [5.41, 5.74) is 0.562. The molecule has 1 aliphatic rings. The highest BCUT2D eigenvalue weighted by Crippen LogP contribution is 2.27. The van der Waals surface area contributed by atoms with Crippen molar-refractivity contribution in [2.75, 3.05) is 51.8 Å². The van der Waals surface area contributed by atoms with Gasteiger partial charge in [0, 0.05) is 44.2 Å². The minimum absolute atomic E-state index is 0.103. The number of ether oxygens (including phenoxy) is 2. The lowest BCUT2D eigenvalue weighted by molar-refractivity contribution is -0.116. The molecular weight excluding hydrogens is 346 g/mol. The van der Waals surface area contributed by atoms with E-state index in [1.54, 1.807) is 37.1 Å². The Hall–Kier alpha value is -1.99. The van der Waals surface area contributed by atoms with E-state index >= 15 is 0 Å². The van der Waals surface area contributed by atoms with Crippen LogP contribution in [0.3, 0.4) is 0 Å². The van der Waals surface area contributed by atoms with E-state index in [0.29, 0.717) is 49.1 Å². The van der Waals surface area contributed by atoms with Crippen molar-refractivity contribution in [2.45, 2.75) is 13.3 Å². The molecule has 0 aromatic heterocycles. The SMILES string of the molecule is CCOC(=O)N1CCN(CCC(=O)Nc2cc(Cl)ccc2OC)CC1. The van der Waals surface area contributed by atoms with Gasteiger partial charge < -0.3 is 19.7 Å². The van der Waals surface area contributed by atoms with E-state index < -0.39 is 0 Å². The first-order chi connectivity index (χ1) is 12.0. The van der Waals surface area contributed by atoms with Gasteiger partial charge in [-0.2, -0.15) is 0 Å². The maximum atomic E-state index is 12.2. The van der Waals surface area contributed by atoms with Gasteiger partial charge in [-0.3, -0.25) is 9.69 Å². The summed E-state index contributed by atoms with van der Waals surface area (Å²) in [6, 6.07) is 5.09. The van der Waals surface area contributed by atoms with Gasteiger partial charge in [0.15, 0.2) is 0 Å². The first-order valence-corrected chi connectivity index (χ1v) is 8.68. The minimum Gasteiger partial charge on any atom is -0.495 e. The molecule has 2 amide bonds. The van der Waals surface area contributed by atoms with Crippen molar-refractivity contribution >= 4 is 29.3 Å². The summed E-state index contributed by atoms with van der Waals surface area (Å²) in [6.45, 7) is 5.49. The zero-order valence-electron chi connectivity index (χ0n) is 14.6. The Kier molecular flexibility index (Phi) is 7.33. The molecule has 1 aromatic rings. The average Bonchev–Trinajstić information content (AvgIpc) is 2.61. The molecule has 0 atom stereocenters. The molecule has 1 fully saturated rings. The highest BCUT2D eigenvalue weighted by atomic mass is 35.5. The fourth-order valence-electron chi connectivity index (χ4n) is 2.62. The number of amides is 2. The number of anilines is 1. The highest BCUT2D eigenvalue weighted by Gasteiger charge is 2.22. The Morgan fingerprint density at radius 1 is 1.24 bits per heavy atom. The summed E-state index contributed by atoms with van der Waals surface area (Å²) in [5.74, 6) is 0.467. The van der Waals surface area contributed by atoms with Gasteiger partial charge in [0.05, 0.1) is 19.4 Å². The van der Waals surface area contributed by atoms with Crippen molar-refractivity contribution in [1.82, 2.24) is 9.80 Å². The van der Waals surface area contributed by atoms with E-state index in [-0.39, 0.29) is 12.0 Å². The second-order valence-corrected chi connectivity index (χ2v) is 6.11. The molecule has 8 heteroatoms. The maximum Gasteiger partial charge on any atom is 0.409 e. The van der Waals surface area contributed by atoms with E-state index in [2.05, 4.69) is 10.2 Å². The minimum atomic E-state index is -0.270. The Bertz CT molecular complexity index is 604. The predicted octanol–water partition coefficient (Wildman–Crippen LogP) is 2.45. The van der Waals surface area contributed by atoms with Crippen LogP contribution in [0, 0.1) is 0 Å².